The molecule has 0 aromatic heterocycles. The molecule has 174 valence electrons. The average Bonchev–Trinajstić information content (AvgIpc) is 2.83. The van der Waals surface area contributed by atoms with E-state index < -0.39 is 0 Å². The Hall–Kier alpha value is -3.02. The first-order valence-electron chi connectivity index (χ1n) is 11.7. The zero-order chi connectivity index (χ0) is 23.0. The topological polar surface area (TPSA) is 59.1 Å². The minimum absolute atomic E-state index is 0.296. The lowest BCUT2D eigenvalue weighted by molar-refractivity contribution is 0.135. The van der Waals surface area contributed by atoms with Crippen molar-refractivity contribution in [2.24, 2.45) is 0 Å². The van der Waals surface area contributed by atoms with Crippen LogP contribution in [0.15, 0.2) is 60.7 Å². The summed E-state index contributed by atoms with van der Waals surface area (Å²) in [5.74, 6) is 0. The van der Waals surface area contributed by atoms with Crippen LogP contribution >= 0.6 is 0 Å². The number of ether oxygens (including phenoxy) is 2. The van der Waals surface area contributed by atoms with Crippen molar-refractivity contribution in [3.05, 3.63) is 60.7 Å². The van der Waals surface area contributed by atoms with Gasteiger partial charge in [-0.05, 0) is 49.9 Å². The van der Waals surface area contributed by atoms with E-state index in [0.717, 1.165) is 37.1 Å². The van der Waals surface area contributed by atoms with E-state index in [-0.39, 0.29) is 12.2 Å². The van der Waals surface area contributed by atoms with Gasteiger partial charge in [-0.25, -0.2) is 9.59 Å². The molecule has 2 amide bonds. The van der Waals surface area contributed by atoms with Crippen LogP contribution in [-0.2, 0) is 9.47 Å². The molecular formula is C26H36N2O4. The van der Waals surface area contributed by atoms with E-state index >= 15 is 0 Å². The molecule has 0 aliphatic heterocycles. The van der Waals surface area contributed by atoms with Gasteiger partial charge < -0.3 is 9.47 Å². The number of amides is 2. The Balaban J connectivity index is 1.74. The number of para-hydroxylation sites is 2. The molecule has 0 aliphatic carbocycles. The van der Waals surface area contributed by atoms with E-state index in [0.29, 0.717) is 39.1 Å². The van der Waals surface area contributed by atoms with Gasteiger partial charge in [0.15, 0.2) is 0 Å². The maximum Gasteiger partial charge on any atom is 0.414 e. The number of anilines is 2. The SMILES string of the molecule is CCCCN(C(=O)OCCCCOC(=O)N(CCCC)c1ccccc1)c1ccccc1. The van der Waals surface area contributed by atoms with Gasteiger partial charge in [-0.15, -0.1) is 0 Å². The average molecular weight is 441 g/mol. The Morgan fingerprint density at radius 3 is 1.34 bits per heavy atom. The lowest BCUT2D eigenvalue weighted by atomic mass is 10.2. The Labute approximate surface area is 192 Å². The Morgan fingerprint density at radius 1 is 0.625 bits per heavy atom. The molecule has 2 rings (SSSR count). The van der Waals surface area contributed by atoms with Gasteiger partial charge in [-0.3, -0.25) is 9.80 Å². The Kier molecular flexibility index (Phi) is 11.7. The number of benzene rings is 2. The van der Waals surface area contributed by atoms with Crippen LogP contribution in [0.4, 0.5) is 21.0 Å². The molecule has 0 saturated heterocycles. The zero-order valence-corrected chi connectivity index (χ0v) is 19.4. The van der Waals surface area contributed by atoms with Gasteiger partial charge in [0.1, 0.15) is 0 Å². The summed E-state index contributed by atoms with van der Waals surface area (Å²) in [6.45, 7) is 6.04. The molecule has 6 heteroatoms. The predicted octanol–water partition coefficient (Wildman–Crippen LogP) is 6.65. The molecule has 32 heavy (non-hydrogen) atoms. The third-order valence-electron chi connectivity index (χ3n) is 5.04. The molecule has 0 spiro atoms. The normalized spacial score (nSPS) is 10.4. The molecule has 0 N–H and O–H groups in total. The summed E-state index contributed by atoms with van der Waals surface area (Å²) in [6.07, 6.45) is 4.42. The van der Waals surface area contributed by atoms with Gasteiger partial charge in [0.25, 0.3) is 0 Å². The van der Waals surface area contributed by atoms with Crippen molar-refractivity contribution in [1.82, 2.24) is 0 Å². The third kappa shape index (κ3) is 8.61. The largest absolute Gasteiger partial charge is 0.449 e. The van der Waals surface area contributed by atoms with Crippen LogP contribution in [0.1, 0.15) is 52.4 Å². The first-order chi connectivity index (χ1) is 15.7. The van der Waals surface area contributed by atoms with Crippen molar-refractivity contribution >= 4 is 23.6 Å². The number of hydrogen-bond donors (Lipinski definition) is 0. The van der Waals surface area contributed by atoms with Crippen LogP contribution in [0.3, 0.4) is 0 Å². The molecule has 0 saturated carbocycles. The standard InChI is InChI=1S/C26H36N2O4/c1-3-5-19-27(23-15-9-7-10-16-23)25(29)31-21-13-14-22-32-26(30)28(20-6-4-2)24-17-11-8-12-18-24/h7-12,15-18H,3-6,13-14,19-22H2,1-2H3. The molecule has 0 radical (unpaired) electrons. The minimum atomic E-state index is -0.337. The Morgan fingerprint density at radius 2 is 1.00 bits per heavy atom. The summed E-state index contributed by atoms with van der Waals surface area (Å²) in [4.78, 5) is 28.4. The van der Waals surface area contributed by atoms with Gasteiger partial charge in [0.05, 0.1) is 13.2 Å². The van der Waals surface area contributed by atoms with E-state index in [4.69, 9.17) is 9.47 Å². The van der Waals surface area contributed by atoms with Gasteiger partial charge in [-0.2, -0.15) is 0 Å². The van der Waals surface area contributed by atoms with Crippen molar-refractivity contribution in [2.75, 3.05) is 36.1 Å². The fourth-order valence-electron chi connectivity index (χ4n) is 3.18. The van der Waals surface area contributed by atoms with Crippen molar-refractivity contribution in [2.45, 2.75) is 52.4 Å². The maximum atomic E-state index is 12.5. The maximum absolute atomic E-state index is 12.5. The Bertz CT molecular complexity index is 715. The van der Waals surface area contributed by atoms with Crippen LogP contribution in [0.25, 0.3) is 0 Å². The second-order valence-electron chi connectivity index (χ2n) is 7.62. The molecule has 0 unspecified atom stereocenters. The first-order valence-corrected chi connectivity index (χ1v) is 11.7. The lowest BCUT2D eigenvalue weighted by Crippen LogP contribution is -2.33. The third-order valence-corrected chi connectivity index (χ3v) is 5.04. The molecule has 2 aromatic rings. The molecule has 2 aromatic carbocycles. The second kappa shape index (κ2) is 14.9. The summed E-state index contributed by atoms with van der Waals surface area (Å²) < 4.78 is 10.9. The van der Waals surface area contributed by atoms with E-state index in [1.54, 1.807) is 9.80 Å². The molecule has 0 fully saturated rings. The summed E-state index contributed by atoms with van der Waals surface area (Å²) in [5.41, 5.74) is 1.68. The number of rotatable bonds is 13. The van der Waals surface area contributed by atoms with Crippen molar-refractivity contribution in [1.29, 1.82) is 0 Å². The van der Waals surface area contributed by atoms with Crippen LogP contribution < -0.4 is 9.80 Å². The molecule has 0 bridgehead atoms. The van der Waals surface area contributed by atoms with E-state index in [9.17, 15) is 9.59 Å². The zero-order valence-electron chi connectivity index (χ0n) is 19.4. The van der Waals surface area contributed by atoms with Crippen LogP contribution in [0.2, 0.25) is 0 Å². The summed E-state index contributed by atoms with van der Waals surface area (Å²) in [7, 11) is 0. The molecule has 0 heterocycles. The number of nitrogens with zero attached hydrogens (tertiary/aromatic N) is 2. The van der Waals surface area contributed by atoms with Gasteiger partial charge >= 0.3 is 12.2 Å². The van der Waals surface area contributed by atoms with E-state index in [2.05, 4.69) is 13.8 Å². The summed E-state index contributed by atoms with van der Waals surface area (Å²) >= 11 is 0. The first kappa shape index (κ1) is 25.2. The smallest absolute Gasteiger partial charge is 0.414 e. The summed E-state index contributed by atoms with van der Waals surface area (Å²) in [5, 5.41) is 0. The van der Waals surface area contributed by atoms with Crippen molar-refractivity contribution < 1.29 is 19.1 Å². The second-order valence-corrected chi connectivity index (χ2v) is 7.62. The highest BCUT2D eigenvalue weighted by molar-refractivity contribution is 5.88. The molecular weight excluding hydrogens is 404 g/mol. The fraction of sp³-hybridized carbons (Fsp3) is 0.462. The van der Waals surface area contributed by atoms with Crippen molar-refractivity contribution in [3.63, 3.8) is 0 Å². The minimum Gasteiger partial charge on any atom is -0.449 e. The predicted molar refractivity (Wildman–Crippen MR) is 129 cm³/mol. The molecule has 0 aliphatic rings. The molecule has 0 atom stereocenters. The van der Waals surface area contributed by atoms with Crippen LogP contribution in [0.5, 0.6) is 0 Å². The number of carbonyl (C=O) groups is 2. The highest BCUT2D eigenvalue weighted by atomic mass is 16.6. The van der Waals surface area contributed by atoms with Gasteiger partial charge in [0.2, 0.25) is 0 Å². The highest BCUT2D eigenvalue weighted by Gasteiger charge is 2.17. The lowest BCUT2D eigenvalue weighted by Gasteiger charge is -2.22. The van der Waals surface area contributed by atoms with Gasteiger partial charge in [-0.1, -0.05) is 63.1 Å². The van der Waals surface area contributed by atoms with Crippen LogP contribution in [-0.4, -0.2) is 38.5 Å². The van der Waals surface area contributed by atoms with Crippen molar-refractivity contribution in [3.8, 4) is 0 Å². The van der Waals surface area contributed by atoms with Crippen LogP contribution in [0, 0.1) is 0 Å². The molecule has 6 nitrogen and oxygen atoms in total. The van der Waals surface area contributed by atoms with E-state index in [1.165, 1.54) is 0 Å². The fourth-order valence-corrected chi connectivity index (χ4v) is 3.18. The number of unbranched alkanes of at least 4 members (excludes halogenated alkanes) is 3. The van der Waals surface area contributed by atoms with Gasteiger partial charge in [0, 0.05) is 24.5 Å². The quantitative estimate of drug-likeness (QED) is 0.327. The van der Waals surface area contributed by atoms with E-state index in [1.807, 2.05) is 60.7 Å². The number of carbonyl (C=O) groups excluding carboxylic acids is 2. The number of hydrogen-bond acceptors (Lipinski definition) is 4. The highest BCUT2D eigenvalue weighted by Crippen LogP contribution is 2.17. The summed E-state index contributed by atoms with van der Waals surface area (Å²) in [6, 6.07) is 19.1. The monoisotopic (exact) mass is 440 g/mol.